The van der Waals surface area contributed by atoms with Gasteiger partial charge in [-0.05, 0) is 24.6 Å². The largest absolute Gasteiger partial charge is 0.481 e. The predicted octanol–water partition coefficient (Wildman–Crippen LogP) is 0.190. The summed E-state index contributed by atoms with van der Waals surface area (Å²) in [6, 6.07) is 3.27. The Morgan fingerprint density at radius 3 is 2.73 bits per heavy atom. The third kappa shape index (κ3) is 4.66. The predicted molar refractivity (Wildman–Crippen MR) is 103 cm³/mol. The van der Waals surface area contributed by atoms with E-state index in [1.54, 1.807) is 22.9 Å². The number of nitrogen functional groups attached to an aromatic ring is 1. The van der Waals surface area contributed by atoms with Gasteiger partial charge in [0, 0.05) is 25.6 Å². The lowest BCUT2D eigenvalue weighted by molar-refractivity contribution is -0.140. The molecule has 3 aromatic rings. The maximum atomic E-state index is 12.2. The summed E-state index contributed by atoms with van der Waals surface area (Å²) < 4.78 is 7.13. The van der Waals surface area contributed by atoms with Crippen LogP contribution in [-0.2, 0) is 22.6 Å². The zero-order valence-corrected chi connectivity index (χ0v) is 15.6. The minimum atomic E-state index is -1.35. The van der Waals surface area contributed by atoms with Crippen LogP contribution in [0.4, 0.5) is 5.95 Å². The molecule has 0 aliphatic heterocycles. The third-order valence-electron chi connectivity index (χ3n) is 4.37. The van der Waals surface area contributed by atoms with Crippen LogP contribution >= 0.6 is 0 Å². The molecule has 1 atom stereocenters. The number of aromatic nitrogens is 3. The number of rotatable bonds is 9. The molecule has 0 bridgehead atoms. The van der Waals surface area contributed by atoms with Crippen LogP contribution in [0, 0.1) is 0 Å². The standard InChI is InChI=1S/C18H19N5O7/c19-18-21-10-6-8-23(14(10)16(27)22-18)7-5-9-1-3-12(30-9)15(26)20-11(17(28)29)2-4-13(24)25/h1,3,6,8,11H,2,4-5,7H2,(H,20,26)(H,24,25)(H,28,29)(H3,19,21,22,27)/t11-/m0/s1. The van der Waals surface area contributed by atoms with Crippen LogP contribution in [0.3, 0.4) is 0 Å². The van der Waals surface area contributed by atoms with Gasteiger partial charge in [0.05, 0.1) is 5.52 Å². The van der Waals surface area contributed by atoms with Gasteiger partial charge >= 0.3 is 11.9 Å². The van der Waals surface area contributed by atoms with E-state index >= 15 is 0 Å². The number of nitrogens with zero attached hydrogens (tertiary/aromatic N) is 2. The minimum absolute atomic E-state index is 0.0231. The minimum Gasteiger partial charge on any atom is -0.481 e. The summed E-state index contributed by atoms with van der Waals surface area (Å²) in [5.41, 5.74) is 5.96. The van der Waals surface area contributed by atoms with E-state index in [1.165, 1.54) is 6.07 Å². The average molecular weight is 417 g/mol. The Morgan fingerprint density at radius 2 is 2.03 bits per heavy atom. The highest BCUT2D eigenvalue weighted by atomic mass is 16.4. The van der Waals surface area contributed by atoms with Crippen molar-refractivity contribution in [1.82, 2.24) is 19.9 Å². The van der Waals surface area contributed by atoms with Gasteiger partial charge in [-0.25, -0.2) is 9.78 Å². The molecule has 0 aromatic carbocycles. The highest BCUT2D eigenvalue weighted by Gasteiger charge is 2.23. The first-order chi connectivity index (χ1) is 14.2. The van der Waals surface area contributed by atoms with E-state index in [-0.39, 0.29) is 23.7 Å². The first kappa shape index (κ1) is 20.6. The summed E-state index contributed by atoms with van der Waals surface area (Å²) in [6.07, 6.45) is 1.38. The van der Waals surface area contributed by atoms with Crippen molar-refractivity contribution in [3.63, 3.8) is 0 Å². The van der Waals surface area contributed by atoms with Crippen molar-refractivity contribution in [2.45, 2.75) is 31.8 Å². The molecule has 0 saturated carbocycles. The van der Waals surface area contributed by atoms with Crippen LogP contribution in [0.25, 0.3) is 11.0 Å². The molecule has 158 valence electrons. The summed E-state index contributed by atoms with van der Waals surface area (Å²) in [5.74, 6) is -2.90. The van der Waals surface area contributed by atoms with Crippen LogP contribution in [0.2, 0.25) is 0 Å². The smallest absolute Gasteiger partial charge is 0.326 e. The average Bonchev–Trinajstić information content (AvgIpc) is 3.29. The van der Waals surface area contributed by atoms with Gasteiger partial charge in [0.15, 0.2) is 5.76 Å². The van der Waals surface area contributed by atoms with Crippen molar-refractivity contribution in [1.29, 1.82) is 0 Å². The molecule has 3 aromatic heterocycles. The van der Waals surface area contributed by atoms with Crippen LogP contribution in [0.1, 0.15) is 29.2 Å². The number of carboxylic acid groups (broad SMARTS) is 2. The Kier molecular flexibility index (Phi) is 5.85. The van der Waals surface area contributed by atoms with Crippen molar-refractivity contribution >= 4 is 34.8 Å². The molecule has 0 saturated heterocycles. The highest BCUT2D eigenvalue weighted by molar-refractivity contribution is 5.94. The Balaban J connectivity index is 1.65. The number of aryl methyl sites for hydroxylation is 2. The summed E-state index contributed by atoms with van der Waals surface area (Å²) in [5, 5.41) is 20.0. The number of hydrogen-bond donors (Lipinski definition) is 5. The molecule has 0 aliphatic rings. The number of carbonyl (C=O) groups excluding carboxylic acids is 1. The van der Waals surface area contributed by atoms with E-state index in [1.807, 2.05) is 0 Å². The second-order valence-corrected chi connectivity index (χ2v) is 6.51. The van der Waals surface area contributed by atoms with Crippen LogP contribution in [0.5, 0.6) is 0 Å². The van der Waals surface area contributed by atoms with E-state index in [0.717, 1.165) is 0 Å². The topological polar surface area (TPSA) is 194 Å². The molecule has 6 N–H and O–H groups in total. The van der Waals surface area contributed by atoms with Gasteiger partial charge in [-0.15, -0.1) is 0 Å². The number of aromatic amines is 1. The number of aliphatic carboxylic acids is 2. The van der Waals surface area contributed by atoms with Gasteiger partial charge in [0.2, 0.25) is 5.95 Å². The molecule has 1 amide bonds. The zero-order valence-electron chi connectivity index (χ0n) is 15.6. The van der Waals surface area contributed by atoms with Crippen LogP contribution in [-0.4, -0.2) is 48.6 Å². The molecule has 3 heterocycles. The molecule has 12 nitrogen and oxygen atoms in total. The number of hydrogen-bond acceptors (Lipinski definition) is 7. The molecule has 0 radical (unpaired) electrons. The Bertz CT molecular complexity index is 1160. The molecule has 12 heteroatoms. The molecular formula is C18H19N5O7. The van der Waals surface area contributed by atoms with Gasteiger partial charge < -0.3 is 30.2 Å². The molecule has 0 fully saturated rings. The lowest BCUT2D eigenvalue weighted by atomic mass is 10.1. The summed E-state index contributed by atoms with van der Waals surface area (Å²) in [6.45, 7) is 0.364. The number of nitrogens with two attached hydrogens (primary N) is 1. The number of fused-ring (bicyclic) bond motifs is 1. The molecule has 0 spiro atoms. The summed E-state index contributed by atoms with van der Waals surface area (Å²) in [4.78, 5) is 52.6. The number of amides is 1. The van der Waals surface area contributed by atoms with Crippen LogP contribution < -0.4 is 16.6 Å². The molecule has 3 rings (SSSR count). The highest BCUT2D eigenvalue weighted by Crippen LogP contribution is 2.14. The van der Waals surface area contributed by atoms with Gasteiger partial charge in [-0.3, -0.25) is 19.4 Å². The third-order valence-corrected chi connectivity index (χ3v) is 4.37. The fourth-order valence-corrected chi connectivity index (χ4v) is 2.94. The van der Waals surface area contributed by atoms with Crippen molar-refractivity contribution < 1.29 is 29.0 Å². The number of anilines is 1. The SMILES string of the molecule is Nc1nc2ccn(CCc3ccc(C(=O)N[C@@H](CCC(=O)O)C(=O)O)o3)c2c(=O)[nH]1. The normalized spacial score (nSPS) is 12.0. The number of furan rings is 1. The fraction of sp³-hybridized carbons (Fsp3) is 0.278. The Labute approximate surface area is 168 Å². The van der Waals surface area contributed by atoms with Crippen molar-refractivity contribution in [3.05, 3.63) is 46.3 Å². The quantitative estimate of drug-likeness (QED) is 0.323. The van der Waals surface area contributed by atoms with Crippen molar-refractivity contribution in [2.24, 2.45) is 0 Å². The van der Waals surface area contributed by atoms with Gasteiger partial charge in [-0.1, -0.05) is 0 Å². The molecule has 0 aliphatic carbocycles. The zero-order chi connectivity index (χ0) is 21.8. The summed E-state index contributed by atoms with van der Waals surface area (Å²) in [7, 11) is 0. The van der Waals surface area contributed by atoms with Gasteiger partial charge in [-0.2, -0.15) is 0 Å². The van der Waals surface area contributed by atoms with E-state index < -0.39 is 30.3 Å². The van der Waals surface area contributed by atoms with E-state index in [4.69, 9.17) is 20.4 Å². The van der Waals surface area contributed by atoms with E-state index in [0.29, 0.717) is 29.8 Å². The van der Waals surface area contributed by atoms with E-state index in [2.05, 4.69) is 15.3 Å². The van der Waals surface area contributed by atoms with Gasteiger partial charge in [0.1, 0.15) is 17.3 Å². The first-order valence-corrected chi connectivity index (χ1v) is 8.93. The molecular weight excluding hydrogens is 398 g/mol. The molecule has 0 unspecified atom stereocenters. The number of H-pyrrole nitrogens is 1. The van der Waals surface area contributed by atoms with Gasteiger partial charge in [0.25, 0.3) is 11.5 Å². The summed E-state index contributed by atoms with van der Waals surface area (Å²) >= 11 is 0. The fourth-order valence-electron chi connectivity index (χ4n) is 2.94. The second-order valence-electron chi connectivity index (χ2n) is 6.51. The monoisotopic (exact) mass is 417 g/mol. The number of carboxylic acids is 2. The second kappa shape index (κ2) is 8.51. The first-order valence-electron chi connectivity index (χ1n) is 8.93. The maximum absolute atomic E-state index is 12.2. The number of carbonyl (C=O) groups is 3. The lowest BCUT2D eigenvalue weighted by Crippen LogP contribution is -2.41. The van der Waals surface area contributed by atoms with E-state index in [9.17, 15) is 19.2 Å². The van der Waals surface area contributed by atoms with Crippen molar-refractivity contribution in [3.8, 4) is 0 Å². The lowest BCUT2D eigenvalue weighted by Gasteiger charge is -2.12. The number of nitrogens with one attached hydrogen (secondary N) is 2. The van der Waals surface area contributed by atoms with Crippen LogP contribution in [0.15, 0.2) is 33.6 Å². The van der Waals surface area contributed by atoms with Crippen molar-refractivity contribution in [2.75, 3.05) is 5.73 Å². The molecule has 30 heavy (non-hydrogen) atoms. The Morgan fingerprint density at radius 1 is 1.27 bits per heavy atom. The Hall–Kier alpha value is -4.09. The maximum Gasteiger partial charge on any atom is 0.326 e.